The van der Waals surface area contributed by atoms with E-state index in [4.69, 9.17) is 4.74 Å². The van der Waals surface area contributed by atoms with Crippen LogP contribution in [-0.4, -0.2) is 27.1 Å². The largest absolute Gasteiger partial charge is 0.466 e. The average Bonchev–Trinajstić information content (AvgIpc) is 2.51. The molecule has 24 heavy (non-hydrogen) atoms. The van der Waals surface area contributed by atoms with Gasteiger partial charge in [-0.05, 0) is 13.3 Å². The van der Waals surface area contributed by atoms with Gasteiger partial charge in [-0.1, -0.05) is 0 Å². The maximum Gasteiger partial charge on any atom is 0.316 e. The molecule has 1 heterocycles. The molecule has 0 spiro atoms. The molecule has 9 nitrogen and oxygen atoms in total. The fourth-order valence-corrected chi connectivity index (χ4v) is 2.26. The third-order valence-corrected chi connectivity index (χ3v) is 3.31. The number of rotatable bonds is 6. The van der Waals surface area contributed by atoms with Crippen LogP contribution in [0.3, 0.4) is 0 Å². The number of nitro groups is 1. The SMILES string of the molecule is CCOC(=O)CCCn1c(=O)c(=O)[nH]c2cc([N+](=O)[O-])c(F)cc21. The first kappa shape index (κ1) is 17.3. The number of nitrogens with zero attached hydrogens (tertiary/aromatic N) is 2. The molecule has 2 aromatic rings. The summed E-state index contributed by atoms with van der Waals surface area (Å²) in [5.41, 5.74) is -2.76. The van der Waals surface area contributed by atoms with Gasteiger partial charge in [0, 0.05) is 25.1 Å². The van der Waals surface area contributed by atoms with Gasteiger partial charge < -0.3 is 14.3 Å². The van der Waals surface area contributed by atoms with E-state index in [1.54, 1.807) is 6.92 Å². The van der Waals surface area contributed by atoms with Gasteiger partial charge in [0.05, 0.1) is 22.6 Å². The molecular weight excluding hydrogens is 325 g/mol. The second-order valence-corrected chi connectivity index (χ2v) is 4.90. The quantitative estimate of drug-likeness (QED) is 0.363. The van der Waals surface area contributed by atoms with Gasteiger partial charge in [0.2, 0.25) is 5.82 Å². The lowest BCUT2D eigenvalue weighted by Gasteiger charge is -2.09. The summed E-state index contributed by atoms with van der Waals surface area (Å²) in [4.78, 5) is 47.0. The first-order valence-electron chi connectivity index (χ1n) is 7.11. The number of hydrogen-bond donors (Lipinski definition) is 1. The maximum atomic E-state index is 13.8. The zero-order chi connectivity index (χ0) is 17.9. The predicted octanol–water partition coefficient (Wildman–Crippen LogP) is 1.08. The molecule has 128 valence electrons. The molecule has 0 saturated heterocycles. The summed E-state index contributed by atoms with van der Waals surface area (Å²) in [6.07, 6.45) is 0.208. The van der Waals surface area contributed by atoms with E-state index in [0.29, 0.717) is 0 Å². The number of carbonyl (C=O) groups excluding carboxylic acids is 1. The van der Waals surface area contributed by atoms with Crippen LogP contribution in [0.1, 0.15) is 19.8 Å². The van der Waals surface area contributed by atoms with Crippen LogP contribution in [0.5, 0.6) is 0 Å². The predicted molar refractivity (Wildman–Crippen MR) is 81.3 cm³/mol. The molecule has 1 N–H and O–H groups in total. The van der Waals surface area contributed by atoms with Crippen molar-refractivity contribution in [1.82, 2.24) is 9.55 Å². The molecule has 0 saturated carbocycles. The summed E-state index contributed by atoms with van der Waals surface area (Å²) in [6, 6.07) is 1.67. The van der Waals surface area contributed by atoms with Gasteiger partial charge in [0.25, 0.3) is 0 Å². The van der Waals surface area contributed by atoms with E-state index in [1.807, 2.05) is 0 Å². The minimum atomic E-state index is -1.13. The number of esters is 1. The molecule has 2 rings (SSSR count). The molecule has 0 amide bonds. The van der Waals surface area contributed by atoms with Crippen LogP contribution >= 0.6 is 0 Å². The van der Waals surface area contributed by atoms with Gasteiger partial charge in [0.1, 0.15) is 0 Å². The normalized spacial score (nSPS) is 10.8. The Morgan fingerprint density at radius 1 is 1.42 bits per heavy atom. The van der Waals surface area contributed by atoms with Crippen molar-refractivity contribution in [3.63, 3.8) is 0 Å². The zero-order valence-corrected chi connectivity index (χ0v) is 12.7. The highest BCUT2D eigenvalue weighted by molar-refractivity contribution is 5.77. The fourth-order valence-electron chi connectivity index (χ4n) is 2.26. The Balaban J connectivity index is 2.44. The molecule has 0 unspecified atom stereocenters. The summed E-state index contributed by atoms with van der Waals surface area (Å²) < 4.78 is 19.5. The Morgan fingerprint density at radius 3 is 2.75 bits per heavy atom. The number of nitrogens with one attached hydrogen (secondary N) is 1. The smallest absolute Gasteiger partial charge is 0.316 e. The van der Waals surface area contributed by atoms with E-state index >= 15 is 0 Å². The Labute approximate surface area is 133 Å². The first-order valence-corrected chi connectivity index (χ1v) is 7.11. The minimum Gasteiger partial charge on any atom is -0.466 e. The van der Waals surface area contributed by atoms with Crippen LogP contribution in [-0.2, 0) is 16.1 Å². The molecule has 1 aromatic carbocycles. The van der Waals surface area contributed by atoms with E-state index in [-0.39, 0.29) is 37.0 Å². The third kappa shape index (κ3) is 3.47. The molecule has 10 heteroatoms. The number of aryl methyl sites for hydroxylation is 1. The zero-order valence-electron chi connectivity index (χ0n) is 12.7. The molecular formula is C14H14FN3O6. The molecule has 0 aliphatic carbocycles. The second kappa shape index (κ2) is 7.02. The number of fused-ring (bicyclic) bond motifs is 1. The van der Waals surface area contributed by atoms with Crippen molar-refractivity contribution >= 4 is 22.7 Å². The third-order valence-electron chi connectivity index (χ3n) is 3.31. The lowest BCUT2D eigenvalue weighted by atomic mass is 10.2. The number of H-pyrrole nitrogens is 1. The number of carbonyl (C=O) groups is 1. The highest BCUT2D eigenvalue weighted by atomic mass is 19.1. The lowest BCUT2D eigenvalue weighted by Crippen LogP contribution is -2.36. The molecule has 0 radical (unpaired) electrons. The number of aromatic amines is 1. The van der Waals surface area contributed by atoms with E-state index < -0.39 is 33.5 Å². The molecule has 0 fully saturated rings. The highest BCUT2D eigenvalue weighted by Crippen LogP contribution is 2.22. The maximum absolute atomic E-state index is 13.8. The number of halogens is 1. The number of nitro benzene ring substituents is 1. The molecule has 0 aliphatic rings. The Hall–Kier alpha value is -3.04. The number of hydrogen-bond acceptors (Lipinski definition) is 6. The summed E-state index contributed by atoms with van der Waals surface area (Å²) >= 11 is 0. The van der Waals surface area contributed by atoms with Crippen LogP contribution in [0.2, 0.25) is 0 Å². The van der Waals surface area contributed by atoms with Crippen LogP contribution in [0, 0.1) is 15.9 Å². The van der Waals surface area contributed by atoms with Gasteiger partial charge >= 0.3 is 22.8 Å². The molecule has 0 bridgehead atoms. The summed E-state index contributed by atoms with van der Waals surface area (Å²) in [7, 11) is 0. The average molecular weight is 339 g/mol. The topological polar surface area (TPSA) is 124 Å². The Morgan fingerprint density at radius 2 is 2.12 bits per heavy atom. The number of ether oxygens (including phenoxy) is 1. The molecule has 0 atom stereocenters. The van der Waals surface area contributed by atoms with Gasteiger partial charge in [-0.25, -0.2) is 0 Å². The summed E-state index contributed by atoms with van der Waals surface area (Å²) in [5, 5.41) is 10.8. The van der Waals surface area contributed by atoms with Crippen LogP contribution in [0.4, 0.5) is 10.1 Å². The van der Waals surface area contributed by atoms with Crippen LogP contribution in [0.25, 0.3) is 11.0 Å². The van der Waals surface area contributed by atoms with Gasteiger partial charge in [-0.15, -0.1) is 0 Å². The van der Waals surface area contributed by atoms with Crippen LogP contribution < -0.4 is 11.1 Å². The van der Waals surface area contributed by atoms with Crippen molar-refractivity contribution in [2.45, 2.75) is 26.3 Å². The summed E-state index contributed by atoms with van der Waals surface area (Å²) in [5.74, 6) is -1.58. The molecule has 1 aromatic heterocycles. The first-order chi connectivity index (χ1) is 11.3. The molecule has 0 aliphatic heterocycles. The van der Waals surface area contributed by atoms with Crippen molar-refractivity contribution in [2.24, 2.45) is 0 Å². The van der Waals surface area contributed by atoms with E-state index in [1.165, 1.54) is 0 Å². The number of benzene rings is 1. The van der Waals surface area contributed by atoms with Crippen molar-refractivity contribution in [3.8, 4) is 0 Å². The van der Waals surface area contributed by atoms with Crippen molar-refractivity contribution in [1.29, 1.82) is 0 Å². The van der Waals surface area contributed by atoms with E-state index in [0.717, 1.165) is 16.7 Å². The standard InChI is InChI=1S/C14H14FN3O6/c1-2-24-12(19)4-3-5-17-11-6-8(15)10(18(22)23)7-9(11)16-13(20)14(17)21/h6-7H,2-5H2,1H3,(H,16,20). The minimum absolute atomic E-state index is 0.00607. The van der Waals surface area contributed by atoms with Crippen LogP contribution in [0.15, 0.2) is 21.7 Å². The van der Waals surface area contributed by atoms with Crippen molar-refractivity contribution in [3.05, 3.63) is 48.8 Å². The van der Waals surface area contributed by atoms with Gasteiger partial charge in [-0.3, -0.25) is 24.5 Å². The lowest BCUT2D eigenvalue weighted by molar-refractivity contribution is -0.387. The van der Waals surface area contributed by atoms with E-state index in [9.17, 15) is 28.9 Å². The van der Waals surface area contributed by atoms with Crippen molar-refractivity contribution in [2.75, 3.05) is 6.61 Å². The Bertz CT molecular complexity index is 917. The van der Waals surface area contributed by atoms with Gasteiger partial charge in [0.15, 0.2) is 0 Å². The fraction of sp³-hybridized carbons (Fsp3) is 0.357. The highest BCUT2D eigenvalue weighted by Gasteiger charge is 2.18. The van der Waals surface area contributed by atoms with E-state index in [2.05, 4.69) is 4.98 Å². The number of aromatic nitrogens is 2. The Kier molecular flexibility index (Phi) is 5.07. The summed E-state index contributed by atoms with van der Waals surface area (Å²) in [6.45, 7) is 1.85. The monoisotopic (exact) mass is 339 g/mol. The van der Waals surface area contributed by atoms with Crippen molar-refractivity contribution < 1.29 is 18.8 Å². The van der Waals surface area contributed by atoms with Gasteiger partial charge in [-0.2, -0.15) is 4.39 Å². The second-order valence-electron chi connectivity index (χ2n) is 4.90.